The fraction of sp³-hybridized carbons (Fsp3) is 0.176. The molecule has 10 nitrogen and oxygen atoms in total. The van der Waals surface area contributed by atoms with Gasteiger partial charge in [-0.3, -0.25) is 18.5 Å². The molecular weight excluding hydrogens is 609 g/mol. The van der Waals surface area contributed by atoms with Crippen molar-refractivity contribution >= 4 is 43.6 Å². The second-order valence-electron chi connectivity index (χ2n) is 11.1. The number of amides is 1. The molecule has 0 unspecified atom stereocenters. The van der Waals surface area contributed by atoms with Crippen LogP contribution in [0, 0.1) is 12.7 Å². The van der Waals surface area contributed by atoms with Crippen molar-refractivity contribution in [2.24, 2.45) is 0 Å². The number of pyridine rings is 1. The second kappa shape index (κ2) is 11.5. The molecular formula is C34H30FN5O5S. The molecule has 1 atom stereocenters. The monoisotopic (exact) mass is 639 g/mol. The molecule has 6 aromatic rings. The van der Waals surface area contributed by atoms with Gasteiger partial charge in [-0.25, -0.2) is 22.8 Å². The highest BCUT2D eigenvalue weighted by Crippen LogP contribution is 2.41. The van der Waals surface area contributed by atoms with E-state index in [9.17, 15) is 22.4 Å². The Morgan fingerprint density at radius 2 is 1.70 bits per heavy atom. The van der Waals surface area contributed by atoms with E-state index >= 15 is 0 Å². The molecule has 0 saturated carbocycles. The molecule has 3 aromatic carbocycles. The Bertz CT molecular complexity index is 2310. The standard InChI is InChI=1S/C34H30FN5O5S/c1-19-6-8-22(9-7-19)31-30(33(41)36-3)26-15-25(28(16-29(26)45-31)39(4)46(5,43)44)23-14-27-32(37-17-23)38-18-40(34(27)42)20(2)21-10-12-24(35)13-11-21/h6-18,20H,1-5H3,(H,36,41)/t20-/m1/s1. The Morgan fingerprint density at radius 3 is 2.35 bits per heavy atom. The number of furan rings is 1. The van der Waals surface area contributed by atoms with E-state index in [1.54, 1.807) is 37.3 Å². The number of anilines is 1. The van der Waals surface area contributed by atoms with Crippen molar-refractivity contribution in [2.45, 2.75) is 19.9 Å². The highest BCUT2D eigenvalue weighted by molar-refractivity contribution is 7.92. The summed E-state index contributed by atoms with van der Waals surface area (Å²) in [7, 11) is -0.819. The Balaban J connectivity index is 1.60. The molecule has 0 saturated heterocycles. The summed E-state index contributed by atoms with van der Waals surface area (Å²) in [4.78, 5) is 35.9. The zero-order valence-corrected chi connectivity index (χ0v) is 26.5. The zero-order chi connectivity index (χ0) is 32.9. The van der Waals surface area contributed by atoms with Gasteiger partial charge in [0.05, 0.1) is 28.9 Å². The van der Waals surface area contributed by atoms with Gasteiger partial charge in [0.25, 0.3) is 11.5 Å². The fourth-order valence-electron chi connectivity index (χ4n) is 5.41. The summed E-state index contributed by atoms with van der Waals surface area (Å²) in [6.45, 7) is 3.75. The molecule has 0 aliphatic rings. The van der Waals surface area contributed by atoms with Crippen molar-refractivity contribution in [1.29, 1.82) is 0 Å². The van der Waals surface area contributed by atoms with Gasteiger partial charge in [-0.1, -0.05) is 42.0 Å². The minimum atomic E-state index is -3.75. The maximum Gasteiger partial charge on any atom is 0.263 e. The lowest BCUT2D eigenvalue weighted by Crippen LogP contribution is -2.25. The molecule has 0 aliphatic heterocycles. The predicted molar refractivity (Wildman–Crippen MR) is 176 cm³/mol. The van der Waals surface area contributed by atoms with Crippen LogP contribution in [-0.4, -0.2) is 49.2 Å². The van der Waals surface area contributed by atoms with Crippen molar-refractivity contribution in [3.05, 3.63) is 112 Å². The van der Waals surface area contributed by atoms with Gasteiger partial charge in [-0.05, 0) is 43.7 Å². The van der Waals surface area contributed by atoms with E-state index in [0.717, 1.165) is 16.1 Å². The van der Waals surface area contributed by atoms with Crippen molar-refractivity contribution in [3.8, 4) is 22.5 Å². The number of hydrogen-bond acceptors (Lipinski definition) is 7. The molecule has 3 heterocycles. The average molecular weight is 640 g/mol. The molecule has 3 aromatic heterocycles. The molecule has 0 radical (unpaired) electrons. The smallest absolute Gasteiger partial charge is 0.263 e. The van der Waals surface area contributed by atoms with Crippen LogP contribution in [0.5, 0.6) is 0 Å². The first kappa shape index (κ1) is 30.7. The maximum absolute atomic E-state index is 13.8. The minimum Gasteiger partial charge on any atom is -0.455 e. The number of rotatable bonds is 7. The number of carbonyl (C=O) groups is 1. The largest absolute Gasteiger partial charge is 0.455 e. The molecule has 0 fully saturated rings. The first-order valence-corrected chi connectivity index (χ1v) is 16.2. The molecule has 0 spiro atoms. The lowest BCUT2D eigenvalue weighted by Gasteiger charge is -2.21. The van der Waals surface area contributed by atoms with Crippen molar-refractivity contribution in [3.63, 3.8) is 0 Å². The van der Waals surface area contributed by atoms with E-state index < -0.39 is 16.1 Å². The summed E-state index contributed by atoms with van der Waals surface area (Å²) < 4.78 is 47.9. The Labute approximate surface area is 264 Å². The third-order valence-corrected chi connectivity index (χ3v) is 9.32. The minimum absolute atomic E-state index is 0.195. The average Bonchev–Trinajstić information content (AvgIpc) is 3.42. The summed E-state index contributed by atoms with van der Waals surface area (Å²) in [5, 5.41) is 3.32. The second-order valence-corrected chi connectivity index (χ2v) is 13.1. The van der Waals surface area contributed by atoms with Crippen LogP contribution in [0.15, 0.2) is 88.5 Å². The number of nitrogens with zero attached hydrogens (tertiary/aromatic N) is 4. The summed E-state index contributed by atoms with van der Waals surface area (Å²) in [6, 6.07) is 17.8. The Morgan fingerprint density at radius 1 is 1.00 bits per heavy atom. The Kier molecular flexibility index (Phi) is 7.69. The van der Waals surface area contributed by atoms with Crippen LogP contribution in [0.2, 0.25) is 0 Å². The number of halogens is 1. The predicted octanol–water partition coefficient (Wildman–Crippen LogP) is 5.68. The van der Waals surface area contributed by atoms with Gasteiger partial charge in [-0.2, -0.15) is 0 Å². The van der Waals surface area contributed by atoms with E-state index in [1.165, 1.54) is 43.3 Å². The van der Waals surface area contributed by atoms with Crippen molar-refractivity contribution in [1.82, 2.24) is 19.9 Å². The van der Waals surface area contributed by atoms with Gasteiger partial charge in [0.1, 0.15) is 23.5 Å². The summed E-state index contributed by atoms with van der Waals surface area (Å²) in [6.07, 6.45) is 3.98. The number of hydrogen-bond donors (Lipinski definition) is 1. The molecule has 12 heteroatoms. The van der Waals surface area contributed by atoms with E-state index in [0.29, 0.717) is 39.0 Å². The van der Waals surface area contributed by atoms with Crippen LogP contribution in [-0.2, 0) is 10.0 Å². The Hall–Kier alpha value is -5.36. The lowest BCUT2D eigenvalue weighted by molar-refractivity contribution is 0.0964. The zero-order valence-electron chi connectivity index (χ0n) is 25.7. The summed E-state index contributed by atoms with van der Waals surface area (Å²) >= 11 is 0. The molecule has 6 rings (SSSR count). The molecule has 0 aliphatic carbocycles. The number of fused-ring (bicyclic) bond motifs is 2. The maximum atomic E-state index is 13.8. The number of carbonyl (C=O) groups excluding carboxylic acids is 1. The fourth-order valence-corrected chi connectivity index (χ4v) is 5.92. The number of benzene rings is 3. The van der Waals surface area contributed by atoms with Crippen LogP contribution < -0.4 is 15.2 Å². The van der Waals surface area contributed by atoms with Gasteiger partial charge in [0.15, 0.2) is 5.65 Å². The summed E-state index contributed by atoms with van der Waals surface area (Å²) in [5.74, 6) is -0.440. The third kappa shape index (κ3) is 5.40. The lowest BCUT2D eigenvalue weighted by atomic mass is 9.98. The molecule has 0 bridgehead atoms. The molecule has 1 amide bonds. The van der Waals surface area contributed by atoms with Gasteiger partial charge in [0, 0.05) is 48.4 Å². The van der Waals surface area contributed by atoms with Crippen LogP contribution in [0.4, 0.5) is 10.1 Å². The van der Waals surface area contributed by atoms with E-state index in [-0.39, 0.29) is 39.6 Å². The van der Waals surface area contributed by atoms with E-state index in [2.05, 4.69) is 15.3 Å². The van der Waals surface area contributed by atoms with Gasteiger partial charge >= 0.3 is 0 Å². The number of aromatic nitrogens is 3. The normalized spacial score (nSPS) is 12.4. The van der Waals surface area contributed by atoms with Gasteiger partial charge < -0.3 is 9.73 Å². The quantitative estimate of drug-likeness (QED) is 0.238. The summed E-state index contributed by atoms with van der Waals surface area (Å²) in [5.41, 5.74) is 3.90. The topological polar surface area (TPSA) is 127 Å². The third-order valence-electron chi connectivity index (χ3n) is 8.13. The first-order valence-electron chi connectivity index (χ1n) is 14.3. The van der Waals surface area contributed by atoms with Crippen LogP contribution in [0.25, 0.3) is 44.5 Å². The highest BCUT2D eigenvalue weighted by Gasteiger charge is 2.26. The molecule has 234 valence electrons. The molecule has 1 N–H and O–H groups in total. The number of aryl methyl sites for hydroxylation is 1. The van der Waals surface area contributed by atoms with Crippen molar-refractivity contribution in [2.75, 3.05) is 24.7 Å². The number of nitrogens with one attached hydrogen (secondary N) is 1. The van der Waals surface area contributed by atoms with Crippen molar-refractivity contribution < 1.29 is 22.0 Å². The van der Waals surface area contributed by atoms with Gasteiger partial charge in [-0.15, -0.1) is 0 Å². The van der Waals surface area contributed by atoms with E-state index in [4.69, 9.17) is 4.42 Å². The first-order chi connectivity index (χ1) is 21.9. The highest BCUT2D eigenvalue weighted by atomic mass is 32.2. The van der Waals surface area contributed by atoms with E-state index in [1.807, 2.05) is 31.2 Å². The SMILES string of the molecule is CNC(=O)c1c(-c2ccc(C)cc2)oc2cc(N(C)S(C)(=O)=O)c(-c3cnc4ncn([C@H](C)c5ccc(F)cc5)c(=O)c4c3)cc12. The molecule has 46 heavy (non-hydrogen) atoms. The number of sulfonamides is 1. The van der Waals surface area contributed by atoms with Gasteiger partial charge in [0.2, 0.25) is 10.0 Å². The van der Waals surface area contributed by atoms with Crippen LogP contribution in [0.1, 0.15) is 34.5 Å². The van der Waals surface area contributed by atoms with Crippen LogP contribution in [0.3, 0.4) is 0 Å². The van der Waals surface area contributed by atoms with Crippen LogP contribution >= 0.6 is 0 Å².